The number of rotatable bonds is 1. The molecule has 1 aromatic carbocycles. The van der Waals surface area contributed by atoms with Crippen LogP contribution in [-0.4, -0.2) is 11.1 Å². The number of aromatic carboxylic acids is 1. The van der Waals surface area contributed by atoms with Crippen LogP contribution >= 0.6 is 27.3 Å². The van der Waals surface area contributed by atoms with Gasteiger partial charge in [0.2, 0.25) is 0 Å². The number of hydrogen-bond acceptors (Lipinski definition) is 3. The fourth-order valence-corrected chi connectivity index (χ4v) is 2.68. The largest absolute Gasteiger partial charge is 0.478 e. The summed E-state index contributed by atoms with van der Waals surface area (Å²) in [7, 11) is 0. The van der Waals surface area contributed by atoms with Crippen molar-refractivity contribution in [1.82, 2.24) is 0 Å². The van der Waals surface area contributed by atoms with Gasteiger partial charge >= 0.3 is 5.97 Å². The van der Waals surface area contributed by atoms with E-state index in [-0.39, 0.29) is 0 Å². The zero-order valence-electron chi connectivity index (χ0n) is 6.95. The zero-order valence-corrected chi connectivity index (χ0v) is 9.35. The average molecular weight is 272 g/mol. The summed E-state index contributed by atoms with van der Waals surface area (Å²) in [5.74, 6) is -0.919. The Kier molecular flexibility index (Phi) is 2.20. The molecule has 0 unspecified atom stereocenters. The molecule has 0 aliphatic carbocycles. The number of halogens is 1. The number of thiophene rings is 1. The third-order valence-corrected chi connectivity index (χ3v) is 3.56. The second kappa shape index (κ2) is 3.25. The molecule has 0 spiro atoms. The quantitative estimate of drug-likeness (QED) is 0.784. The Balaban J connectivity index is 2.80. The molecule has 2 aromatic rings. The molecule has 0 bridgehead atoms. The number of nitrogen functional groups attached to an aromatic ring is 1. The molecule has 0 radical (unpaired) electrons. The third kappa shape index (κ3) is 1.38. The van der Waals surface area contributed by atoms with Crippen LogP contribution in [0.4, 0.5) is 5.69 Å². The van der Waals surface area contributed by atoms with Crippen LogP contribution in [0.2, 0.25) is 0 Å². The minimum Gasteiger partial charge on any atom is -0.478 e. The molecule has 0 atom stereocenters. The molecule has 14 heavy (non-hydrogen) atoms. The highest BCUT2D eigenvalue weighted by molar-refractivity contribution is 9.10. The van der Waals surface area contributed by atoms with Crippen LogP contribution in [-0.2, 0) is 0 Å². The number of nitrogens with two attached hydrogens (primary N) is 1. The van der Waals surface area contributed by atoms with E-state index in [0.717, 1.165) is 9.17 Å². The van der Waals surface area contributed by atoms with Crippen molar-refractivity contribution >= 4 is 49.0 Å². The number of anilines is 1. The maximum Gasteiger partial charge on any atom is 0.337 e. The topological polar surface area (TPSA) is 63.3 Å². The summed E-state index contributed by atoms with van der Waals surface area (Å²) in [6, 6.07) is 3.52. The van der Waals surface area contributed by atoms with Gasteiger partial charge in [0.05, 0.1) is 5.56 Å². The third-order valence-electron chi connectivity index (χ3n) is 1.92. The van der Waals surface area contributed by atoms with E-state index in [1.165, 1.54) is 11.3 Å². The molecule has 0 aliphatic rings. The van der Waals surface area contributed by atoms with Crippen LogP contribution in [0.3, 0.4) is 0 Å². The molecule has 5 heteroatoms. The van der Waals surface area contributed by atoms with E-state index in [2.05, 4.69) is 15.9 Å². The molecule has 0 aliphatic heterocycles. The van der Waals surface area contributed by atoms with Crippen LogP contribution in [0.1, 0.15) is 10.4 Å². The van der Waals surface area contributed by atoms with Crippen molar-refractivity contribution in [2.24, 2.45) is 0 Å². The van der Waals surface area contributed by atoms with Crippen molar-refractivity contribution in [3.63, 3.8) is 0 Å². The van der Waals surface area contributed by atoms with Crippen LogP contribution in [0, 0.1) is 0 Å². The van der Waals surface area contributed by atoms with E-state index in [9.17, 15) is 4.79 Å². The standard InChI is InChI=1S/C9H6BrNO2S/c10-6-2-8-4(1-7(6)11)5(3-14-8)9(12)13/h1-3H,11H2,(H,12,13). The Morgan fingerprint density at radius 3 is 2.86 bits per heavy atom. The van der Waals surface area contributed by atoms with Crippen molar-refractivity contribution in [2.45, 2.75) is 0 Å². The van der Waals surface area contributed by atoms with Gasteiger partial charge in [-0.15, -0.1) is 11.3 Å². The molecule has 0 saturated carbocycles. The SMILES string of the molecule is Nc1cc2c(C(=O)O)csc2cc1Br. The molecule has 3 N–H and O–H groups in total. The van der Waals surface area contributed by atoms with Crippen LogP contribution < -0.4 is 5.73 Å². The van der Waals surface area contributed by atoms with Gasteiger partial charge in [-0.2, -0.15) is 0 Å². The Labute approximate surface area is 92.3 Å². The molecule has 2 rings (SSSR count). The van der Waals surface area contributed by atoms with E-state index in [0.29, 0.717) is 16.6 Å². The number of carboxylic acids is 1. The maximum absolute atomic E-state index is 10.8. The number of benzene rings is 1. The number of carbonyl (C=O) groups is 1. The van der Waals surface area contributed by atoms with Gasteiger partial charge in [0.25, 0.3) is 0 Å². The van der Waals surface area contributed by atoms with Gasteiger partial charge < -0.3 is 10.8 Å². The zero-order chi connectivity index (χ0) is 10.3. The Morgan fingerprint density at radius 1 is 1.50 bits per heavy atom. The van der Waals surface area contributed by atoms with Crippen molar-refractivity contribution in [3.8, 4) is 0 Å². The first-order valence-electron chi connectivity index (χ1n) is 3.79. The van der Waals surface area contributed by atoms with Gasteiger partial charge in [-0.1, -0.05) is 0 Å². The Morgan fingerprint density at radius 2 is 2.21 bits per heavy atom. The molecule has 72 valence electrons. The summed E-state index contributed by atoms with van der Waals surface area (Å²) in [4.78, 5) is 10.8. The first-order valence-corrected chi connectivity index (χ1v) is 5.46. The molecule has 0 saturated heterocycles. The second-order valence-electron chi connectivity index (χ2n) is 2.82. The van der Waals surface area contributed by atoms with Gasteiger partial charge in [-0.05, 0) is 28.1 Å². The molecule has 1 aromatic heterocycles. The highest BCUT2D eigenvalue weighted by Gasteiger charge is 2.11. The summed E-state index contributed by atoms with van der Waals surface area (Å²) in [6.07, 6.45) is 0. The van der Waals surface area contributed by atoms with Crippen LogP contribution in [0.5, 0.6) is 0 Å². The van der Waals surface area contributed by atoms with E-state index in [1.54, 1.807) is 11.4 Å². The van der Waals surface area contributed by atoms with Gasteiger partial charge in [0.15, 0.2) is 0 Å². The van der Waals surface area contributed by atoms with Gasteiger partial charge in [0.1, 0.15) is 0 Å². The lowest BCUT2D eigenvalue weighted by atomic mass is 10.1. The molecule has 1 heterocycles. The van der Waals surface area contributed by atoms with Gasteiger partial charge in [-0.25, -0.2) is 4.79 Å². The molecule has 0 amide bonds. The smallest absolute Gasteiger partial charge is 0.337 e. The van der Waals surface area contributed by atoms with E-state index in [1.807, 2.05) is 6.07 Å². The monoisotopic (exact) mass is 271 g/mol. The van der Waals surface area contributed by atoms with Crippen molar-refractivity contribution in [1.29, 1.82) is 0 Å². The van der Waals surface area contributed by atoms with E-state index in [4.69, 9.17) is 10.8 Å². The summed E-state index contributed by atoms with van der Waals surface area (Å²) in [6.45, 7) is 0. The Bertz CT molecular complexity index is 521. The van der Waals surface area contributed by atoms with E-state index >= 15 is 0 Å². The highest BCUT2D eigenvalue weighted by Crippen LogP contribution is 2.32. The molecular formula is C9H6BrNO2S. The Hall–Kier alpha value is -1.07. The first kappa shape index (κ1) is 9.48. The normalized spacial score (nSPS) is 10.6. The van der Waals surface area contributed by atoms with Gasteiger partial charge in [-0.3, -0.25) is 0 Å². The second-order valence-corrected chi connectivity index (χ2v) is 4.59. The fourth-order valence-electron chi connectivity index (χ4n) is 1.23. The summed E-state index contributed by atoms with van der Waals surface area (Å²) in [5, 5.41) is 11.2. The molecule has 3 nitrogen and oxygen atoms in total. The van der Waals surface area contributed by atoms with Crippen LogP contribution in [0.15, 0.2) is 22.0 Å². The van der Waals surface area contributed by atoms with Gasteiger partial charge in [0, 0.05) is 25.6 Å². The van der Waals surface area contributed by atoms with Crippen LogP contribution in [0.25, 0.3) is 10.1 Å². The van der Waals surface area contributed by atoms with Crippen molar-refractivity contribution in [3.05, 3.63) is 27.5 Å². The predicted molar refractivity (Wildman–Crippen MR) is 60.9 cm³/mol. The molecule has 0 fully saturated rings. The first-order chi connectivity index (χ1) is 6.59. The summed E-state index contributed by atoms with van der Waals surface area (Å²) < 4.78 is 1.72. The molecular weight excluding hydrogens is 266 g/mol. The summed E-state index contributed by atoms with van der Waals surface area (Å²) in [5.41, 5.74) is 6.54. The highest BCUT2D eigenvalue weighted by atomic mass is 79.9. The minimum absolute atomic E-state index is 0.309. The van der Waals surface area contributed by atoms with Crippen molar-refractivity contribution < 1.29 is 9.90 Å². The predicted octanol–water partition coefficient (Wildman–Crippen LogP) is 2.94. The minimum atomic E-state index is -0.919. The number of fused-ring (bicyclic) bond motifs is 1. The fraction of sp³-hybridized carbons (Fsp3) is 0. The van der Waals surface area contributed by atoms with Crippen molar-refractivity contribution in [2.75, 3.05) is 5.73 Å². The number of hydrogen-bond donors (Lipinski definition) is 2. The average Bonchev–Trinajstić information content (AvgIpc) is 2.48. The van der Waals surface area contributed by atoms with E-state index < -0.39 is 5.97 Å². The lowest BCUT2D eigenvalue weighted by molar-refractivity contribution is 0.0699. The lowest BCUT2D eigenvalue weighted by Crippen LogP contribution is -1.94. The maximum atomic E-state index is 10.8. The number of carboxylic acid groups (broad SMARTS) is 1. The lowest BCUT2D eigenvalue weighted by Gasteiger charge is -1.98. The summed E-state index contributed by atoms with van der Waals surface area (Å²) >= 11 is 4.70.